The summed E-state index contributed by atoms with van der Waals surface area (Å²) in [6, 6.07) is 64.1. The van der Waals surface area contributed by atoms with Crippen molar-refractivity contribution in [3.05, 3.63) is 193 Å². The van der Waals surface area contributed by atoms with E-state index in [0.29, 0.717) is 17.5 Å². The van der Waals surface area contributed by atoms with Gasteiger partial charge < -0.3 is 8.98 Å². The lowest BCUT2D eigenvalue weighted by Crippen LogP contribution is -2.14. The summed E-state index contributed by atoms with van der Waals surface area (Å²) >= 11 is 0. The molecule has 59 heavy (non-hydrogen) atoms. The van der Waals surface area contributed by atoms with Gasteiger partial charge in [-0.1, -0.05) is 153 Å². The quantitative estimate of drug-likeness (QED) is 0.175. The molecule has 0 N–H and O–H groups in total. The minimum Gasteiger partial charge on any atom is -0.455 e. The lowest BCUT2D eigenvalue weighted by molar-refractivity contribution is 0.661. The van der Waals surface area contributed by atoms with Crippen molar-refractivity contribution in [1.29, 1.82) is 0 Å². The highest BCUT2D eigenvalue weighted by Gasteiger charge is 2.36. The largest absolute Gasteiger partial charge is 0.455 e. The Labute approximate surface area is 340 Å². The van der Waals surface area contributed by atoms with Gasteiger partial charge in [0.25, 0.3) is 0 Å². The first-order valence-electron chi connectivity index (χ1n) is 20.1. The van der Waals surface area contributed by atoms with Crippen LogP contribution in [0.25, 0.3) is 106 Å². The van der Waals surface area contributed by atoms with Crippen LogP contribution in [-0.2, 0) is 5.41 Å². The third-order valence-corrected chi connectivity index (χ3v) is 12.2. The van der Waals surface area contributed by atoms with Gasteiger partial charge in [-0.2, -0.15) is 0 Å². The molecule has 1 aliphatic rings. The molecule has 0 radical (unpaired) electrons. The molecule has 0 spiro atoms. The van der Waals surface area contributed by atoms with Crippen molar-refractivity contribution in [2.45, 2.75) is 19.3 Å². The Morgan fingerprint density at radius 2 is 1.03 bits per heavy atom. The summed E-state index contributed by atoms with van der Waals surface area (Å²) in [5, 5.41) is 4.59. The lowest BCUT2D eigenvalue weighted by atomic mass is 9.82. The number of aromatic nitrogens is 4. The molecule has 12 rings (SSSR count). The van der Waals surface area contributed by atoms with E-state index in [-0.39, 0.29) is 5.41 Å². The Balaban J connectivity index is 1.02. The molecule has 1 aliphatic carbocycles. The van der Waals surface area contributed by atoms with Crippen molar-refractivity contribution in [3.63, 3.8) is 0 Å². The van der Waals surface area contributed by atoms with E-state index in [0.717, 1.165) is 61.0 Å². The molecule has 8 aromatic carbocycles. The van der Waals surface area contributed by atoms with Crippen LogP contribution in [0.15, 0.2) is 186 Å². The molecule has 3 aromatic heterocycles. The van der Waals surface area contributed by atoms with Crippen molar-refractivity contribution in [3.8, 4) is 62.1 Å². The number of fused-ring (bicyclic) bond motifs is 9. The van der Waals surface area contributed by atoms with Crippen LogP contribution in [0.2, 0.25) is 0 Å². The second-order valence-corrected chi connectivity index (χ2v) is 16.0. The molecular weight excluding hydrogens is 721 g/mol. The molecule has 0 bridgehead atoms. The van der Waals surface area contributed by atoms with Crippen LogP contribution in [0.4, 0.5) is 0 Å². The number of hydrogen-bond acceptors (Lipinski definition) is 4. The van der Waals surface area contributed by atoms with Crippen LogP contribution in [0.5, 0.6) is 0 Å². The first kappa shape index (κ1) is 33.5. The molecule has 278 valence electrons. The molecule has 0 atom stereocenters. The van der Waals surface area contributed by atoms with E-state index in [9.17, 15) is 0 Å². The summed E-state index contributed by atoms with van der Waals surface area (Å²) in [5.74, 6) is 1.80. The van der Waals surface area contributed by atoms with Gasteiger partial charge in [0.15, 0.2) is 17.5 Å². The Hall–Kier alpha value is -7.63. The summed E-state index contributed by atoms with van der Waals surface area (Å²) in [6.45, 7) is 4.68. The minimum atomic E-state index is -0.117. The van der Waals surface area contributed by atoms with Crippen molar-refractivity contribution >= 4 is 43.7 Å². The maximum absolute atomic E-state index is 6.64. The molecule has 0 aliphatic heterocycles. The Bertz CT molecular complexity index is 3470. The number of rotatable bonds is 5. The maximum Gasteiger partial charge on any atom is 0.164 e. The van der Waals surface area contributed by atoms with Crippen LogP contribution in [-0.4, -0.2) is 19.5 Å². The van der Waals surface area contributed by atoms with Gasteiger partial charge in [0.2, 0.25) is 0 Å². The molecule has 3 heterocycles. The monoisotopic (exact) mass is 756 g/mol. The van der Waals surface area contributed by atoms with Crippen LogP contribution >= 0.6 is 0 Å². The molecular formula is C54H36N4O. The van der Waals surface area contributed by atoms with Gasteiger partial charge in [0, 0.05) is 54.9 Å². The van der Waals surface area contributed by atoms with Crippen molar-refractivity contribution in [1.82, 2.24) is 19.5 Å². The third-order valence-electron chi connectivity index (χ3n) is 12.2. The zero-order valence-corrected chi connectivity index (χ0v) is 32.5. The van der Waals surface area contributed by atoms with E-state index < -0.39 is 0 Å². The number of hydrogen-bond donors (Lipinski definition) is 0. The minimum absolute atomic E-state index is 0.117. The Morgan fingerprint density at radius 1 is 0.407 bits per heavy atom. The molecule has 0 saturated carbocycles. The highest BCUT2D eigenvalue weighted by molar-refractivity contribution is 6.12. The smallest absolute Gasteiger partial charge is 0.164 e. The van der Waals surface area contributed by atoms with Gasteiger partial charge in [-0.05, 0) is 70.3 Å². The standard InChI is InChI=1S/C54H36N4O/c1-54(2)45-25-11-9-21-39(45)43-31-44-40-22-10-12-26-47(40)58(48(44)32-46(43)54)37-20-13-19-35(29-37)52-55-51(34-17-7-4-8-18-34)56-53(57-52)36-27-28-41-42-24-14-23-38(33-15-5-3-6-16-33)50(42)59-49(41)30-36/h3-32H,1-2H3. The van der Waals surface area contributed by atoms with Crippen LogP contribution in [0.1, 0.15) is 25.0 Å². The molecule has 5 nitrogen and oxygen atoms in total. The van der Waals surface area contributed by atoms with E-state index in [1.807, 2.05) is 36.4 Å². The van der Waals surface area contributed by atoms with E-state index in [1.165, 1.54) is 38.5 Å². The molecule has 5 heteroatoms. The first-order valence-corrected chi connectivity index (χ1v) is 20.1. The van der Waals surface area contributed by atoms with Gasteiger partial charge in [-0.25, -0.2) is 15.0 Å². The Kier molecular flexibility index (Phi) is 7.20. The number of nitrogens with zero attached hydrogens (tertiary/aromatic N) is 4. The SMILES string of the molecule is CC1(C)c2ccccc2-c2cc3c4ccccc4n(-c4cccc(-c5nc(-c6ccccc6)nc(-c6ccc7c(c6)oc6c(-c8ccccc8)cccc67)n5)c4)c3cc21. The molecule has 0 fully saturated rings. The molecule has 0 amide bonds. The second-order valence-electron chi connectivity index (χ2n) is 16.0. The van der Waals surface area contributed by atoms with Crippen LogP contribution < -0.4 is 0 Å². The van der Waals surface area contributed by atoms with Gasteiger partial charge >= 0.3 is 0 Å². The fraction of sp³-hybridized carbons (Fsp3) is 0.0556. The topological polar surface area (TPSA) is 56.7 Å². The lowest BCUT2D eigenvalue weighted by Gasteiger charge is -2.21. The average Bonchev–Trinajstić information content (AvgIpc) is 3.91. The van der Waals surface area contributed by atoms with Gasteiger partial charge in [-0.3, -0.25) is 0 Å². The summed E-state index contributed by atoms with van der Waals surface area (Å²) in [7, 11) is 0. The predicted octanol–water partition coefficient (Wildman–Crippen LogP) is 13.8. The highest BCUT2D eigenvalue weighted by atomic mass is 16.3. The number of benzene rings is 8. The zero-order chi connectivity index (χ0) is 39.2. The second kappa shape index (κ2) is 12.7. The average molecular weight is 757 g/mol. The fourth-order valence-corrected chi connectivity index (χ4v) is 9.36. The first-order chi connectivity index (χ1) is 29.0. The third kappa shape index (κ3) is 5.14. The van der Waals surface area contributed by atoms with Crippen LogP contribution in [0, 0.1) is 0 Å². The van der Waals surface area contributed by atoms with E-state index in [2.05, 4.69) is 164 Å². The van der Waals surface area contributed by atoms with Crippen molar-refractivity contribution in [2.24, 2.45) is 0 Å². The van der Waals surface area contributed by atoms with E-state index in [1.54, 1.807) is 0 Å². The fourth-order valence-electron chi connectivity index (χ4n) is 9.36. The highest BCUT2D eigenvalue weighted by Crippen LogP contribution is 2.51. The summed E-state index contributed by atoms with van der Waals surface area (Å²) in [6.07, 6.45) is 0. The van der Waals surface area contributed by atoms with E-state index >= 15 is 0 Å². The van der Waals surface area contributed by atoms with Crippen molar-refractivity contribution < 1.29 is 4.42 Å². The van der Waals surface area contributed by atoms with E-state index in [4.69, 9.17) is 19.4 Å². The zero-order valence-electron chi connectivity index (χ0n) is 32.5. The number of para-hydroxylation sites is 2. The van der Waals surface area contributed by atoms with Gasteiger partial charge in [0.1, 0.15) is 11.2 Å². The predicted molar refractivity (Wildman–Crippen MR) is 241 cm³/mol. The molecule has 11 aromatic rings. The maximum atomic E-state index is 6.64. The van der Waals surface area contributed by atoms with Gasteiger partial charge in [-0.15, -0.1) is 0 Å². The summed E-state index contributed by atoms with van der Waals surface area (Å²) in [4.78, 5) is 15.4. The summed E-state index contributed by atoms with van der Waals surface area (Å²) < 4.78 is 9.04. The number of furan rings is 1. The van der Waals surface area contributed by atoms with Crippen molar-refractivity contribution in [2.75, 3.05) is 0 Å². The summed E-state index contributed by atoms with van der Waals surface area (Å²) in [5.41, 5.74) is 15.1. The van der Waals surface area contributed by atoms with Gasteiger partial charge in [0.05, 0.1) is 11.0 Å². The Morgan fingerprint density at radius 3 is 1.85 bits per heavy atom. The molecule has 0 saturated heterocycles. The molecule has 0 unspecified atom stereocenters. The normalized spacial score (nSPS) is 13.1. The van der Waals surface area contributed by atoms with Crippen LogP contribution in [0.3, 0.4) is 0 Å².